The van der Waals surface area contributed by atoms with Crippen LogP contribution in [-0.2, 0) is 19.6 Å². The number of hydrogen-bond donors (Lipinski definition) is 1. The molecule has 0 amide bonds. The highest BCUT2D eigenvalue weighted by molar-refractivity contribution is 5.57. The summed E-state index contributed by atoms with van der Waals surface area (Å²) < 4.78 is 4.40. The van der Waals surface area contributed by atoms with Gasteiger partial charge in [-0.2, -0.15) is 9.78 Å². The van der Waals surface area contributed by atoms with Gasteiger partial charge in [-0.15, -0.1) is 0 Å². The topological polar surface area (TPSA) is 74.2 Å². The Morgan fingerprint density at radius 1 is 1.19 bits per heavy atom. The van der Waals surface area contributed by atoms with Crippen LogP contribution in [0.1, 0.15) is 47.5 Å². The van der Waals surface area contributed by atoms with Crippen LogP contribution in [0.3, 0.4) is 0 Å². The van der Waals surface area contributed by atoms with Gasteiger partial charge < -0.3 is 9.84 Å². The van der Waals surface area contributed by atoms with E-state index >= 15 is 0 Å². The Labute approximate surface area is 95.3 Å². The first-order chi connectivity index (χ1) is 7.18. The van der Waals surface area contributed by atoms with Crippen LogP contribution in [0.15, 0.2) is 0 Å². The van der Waals surface area contributed by atoms with E-state index in [-0.39, 0.29) is 0 Å². The molecule has 0 unspecified atom stereocenters. The fourth-order valence-electron chi connectivity index (χ4n) is 1.06. The zero-order chi connectivity index (χ0) is 12.8. The Kier molecular flexibility index (Phi) is 5.71. The van der Waals surface area contributed by atoms with Crippen molar-refractivity contribution in [3.8, 4) is 0 Å². The zero-order valence-corrected chi connectivity index (χ0v) is 10.4. The predicted molar refractivity (Wildman–Crippen MR) is 55.4 cm³/mol. The summed E-state index contributed by atoms with van der Waals surface area (Å²) in [5, 5.41) is 12.9. The minimum Gasteiger partial charge on any atom is -0.450 e. The maximum absolute atomic E-state index is 10.3. The van der Waals surface area contributed by atoms with Crippen LogP contribution in [0.2, 0.25) is 0 Å². The fourth-order valence-corrected chi connectivity index (χ4v) is 1.06. The van der Waals surface area contributed by atoms with Gasteiger partial charge in [0, 0.05) is 13.8 Å². The lowest BCUT2D eigenvalue weighted by Crippen LogP contribution is -2.33. The predicted octanol–water partition coefficient (Wildman–Crippen LogP) is 2.88. The van der Waals surface area contributed by atoms with Gasteiger partial charge >= 0.3 is 6.16 Å². The molecule has 0 rings (SSSR count). The lowest BCUT2D eigenvalue weighted by Gasteiger charge is -2.25. The first-order valence-electron chi connectivity index (χ1n) is 5.14. The molecule has 6 heteroatoms. The van der Waals surface area contributed by atoms with Crippen molar-refractivity contribution in [2.24, 2.45) is 0 Å². The monoisotopic (exact) mass is 236 g/mol. The first-order valence-corrected chi connectivity index (χ1v) is 5.14. The molecule has 0 spiro atoms. The number of carboxylic acid groups (broad SMARTS) is 1. The highest BCUT2D eigenvalue weighted by Crippen LogP contribution is 2.19. The van der Waals surface area contributed by atoms with Gasteiger partial charge in [0.25, 0.3) is 0 Å². The van der Waals surface area contributed by atoms with E-state index in [1.54, 1.807) is 0 Å². The van der Waals surface area contributed by atoms with Gasteiger partial charge in [0.05, 0.1) is 0 Å². The summed E-state index contributed by atoms with van der Waals surface area (Å²) in [6.45, 7) is 8.49. The smallest absolute Gasteiger partial charge is 0.450 e. The molecule has 0 aliphatic rings. The molecule has 0 heterocycles. The molecule has 0 saturated heterocycles. The van der Waals surface area contributed by atoms with Crippen molar-refractivity contribution in [3.05, 3.63) is 0 Å². The summed E-state index contributed by atoms with van der Waals surface area (Å²) in [7, 11) is 0. The van der Waals surface area contributed by atoms with Crippen molar-refractivity contribution in [2.45, 2.75) is 58.8 Å². The molecule has 0 aromatic rings. The van der Waals surface area contributed by atoms with Gasteiger partial charge in [-0.1, -0.05) is 18.4 Å². The van der Waals surface area contributed by atoms with Crippen molar-refractivity contribution in [1.29, 1.82) is 0 Å². The minimum absolute atomic E-state index is 0.492. The average molecular weight is 236 g/mol. The van der Waals surface area contributed by atoms with E-state index in [2.05, 4.69) is 9.78 Å². The molecule has 0 fully saturated rings. The standard InChI is InChI=1S/C10H20O6/c1-6-7-9(2,3)14-16-15-10(4,5)13-8(11)12/h6-7H2,1-5H3,(H,11,12). The van der Waals surface area contributed by atoms with Crippen LogP contribution in [0.25, 0.3) is 0 Å². The minimum atomic E-state index is -1.44. The Morgan fingerprint density at radius 3 is 2.19 bits per heavy atom. The third kappa shape index (κ3) is 7.44. The van der Waals surface area contributed by atoms with Crippen LogP contribution in [-0.4, -0.2) is 22.7 Å². The molecule has 6 nitrogen and oxygen atoms in total. The highest BCUT2D eigenvalue weighted by atomic mass is 17.5. The summed E-state index contributed by atoms with van der Waals surface area (Å²) in [5.74, 6) is -1.41. The third-order valence-corrected chi connectivity index (χ3v) is 1.68. The fraction of sp³-hybridized carbons (Fsp3) is 0.900. The molecule has 0 saturated carbocycles. The van der Waals surface area contributed by atoms with Gasteiger partial charge in [-0.3, -0.25) is 0 Å². The van der Waals surface area contributed by atoms with E-state index in [4.69, 9.17) is 14.9 Å². The molecule has 16 heavy (non-hydrogen) atoms. The van der Waals surface area contributed by atoms with E-state index in [9.17, 15) is 4.79 Å². The highest BCUT2D eigenvalue weighted by Gasteiger charge is 2.27. The van der Waals surface area contributed by atoms with Crippen LogP contribution in [0.4, 0.5) is 4.79 Å². The molecule has 0 bridgehead atoms. The number of ether oxygens (including phenoxy) is 1. The number of hydrogen-bond acceptors (Lipinski definition) is 5. The van der Waals surface area contributed by atoms with E-state index in [0.717, 1.165) is 12.8 Å². The van der Waals surface area contributed by atoms with Crippen molar-refractivity contribution >= 4 is 6.16 Å². The Morgan fingerprint density at radius 2 is 1.75 bits per heavy atom. The second kappa shape index (κ2) is 6.03. The summed E-state index contributed by atoms with van der Waals surface area (Å²) in [6.07, 6.45) is 0.281. The second-order valence-electron chi connectivity index (χ2n) is 4.51. The lowest BCUT2D eigenvalue weighted by molar-refractivity contribution is -0.583. The van der Waals surface area contributed by atoms with Crippen molar-refractivity contribution in [3.63, 3.8) is 0 Å². The molecular weight excluding hydrogens is 216 g/mol. The normalized spacial score (nSPS) is 12.6. The molecule has 0 aliphatic carbocycles. The second-order valence-corrected chi connectivity index (χ2v) is 4.51. The molecule has 0 aromatic heterocycles. The van der Waals surface area contributed by atoms with Crippen molar-refractivity contribution in [1.82, 2.24) is 0 Å². The summed E-state index contributed by atoms with van der Waals surface area (Å²) >= 11 is 0. The zero-order valence-electron chi connectivity index (χ0n) is 10.4. The van der Waals surface area contributed by atoms with Crippen molar-refractivity contribution in [2.75, 3.05) is 0 Å². The summed E-state index contributed by atoms with van der Waals surface area (Å²) in [4.78, 5) is 20.0. The quantitative estimate of drug-likeness (QED) is 0.317. The van der Waals surface area contributed by atoms with Gasteiger partial charge in [0.2, 0.25) is 5.79 Å². The van der Waals surface area contributed by atoms with Crippen molar-refractivity contribution < 1.29 is 29.5 Å². The number of rotatable bonds is 7. The van der Waals surface area contributed by atoms with Gasteiger partial charge in [-0.05, 0) is 20.3 Å². The Hall–Kier alpha value is -0.850. The Bertz CT molecular complexity index is 223. The van der Waals surface area contributed by atoms with E-state index in [1.165, 1.54) is 13.8 Å². The molecule has 0 aromatic carbocycles. The lowest BCUT2D eigenvalue weighted by atomic mass is 10.0. The third-order valence-electron chi connectivity index (χ3n) is 1.68. The molecule has 0 radical (unpaired) electrons. The summed E-state index contributed by atoms with van der Waals surface area (Å²) in [5.41, 5.74) is -0.492. The van der Waals surface area contributed by atoms with E-state index < -0.39 is 17.5 Å². The first kappa shape index (κ1) is 15.2. The Balaban J connectivity index is 3.92. The van der Waals surface area contributed by atoms with Crippen LogP contribution in [0, 0.1) is 0 Å². The summed E-state index contributed by atoms with van der Waals surface area (Å²) in [6, 6.07) is 0. The van der Waals surface area contributed by atoms with Gasteiger partial charge in [0.1, 0.15) is 5.60 Å². The molecule has 1 N–H and O–H groups in total. The molecule has 96 valence electrons. The van der Waals surface area contributed by atoms with Crippen LogP contribution in [0.5, 0.6) is 0 Å². The van der Waals surface area contributed by atoms with Crippen LogP contribution >= 0.6 is 0 Å². The van der Waals surface area contributed by atoms with E-state index in [1.807, 2.05) is 20.8 Å². The maximum Gasteiger partial charge on any atom is 0.508 e. The number of carbonyl (C=O) groups is 1. The largest absolute Gasteiger partial charge is 0.508 e. The molecule has 0 aliphatic heterocycles. The van der Waals surface area contributed by atoms with Gasteiger partial charge in [-0.25, -0.2) is 4.79 Å². The maximum atomic E-state index is 10.3. The SMILES string of the molecule is CCCC(C)(C)OOOC(C)(C)OC(=O)O. The molecular formula is C10H20O6. The van der Waals surface area contributed by atoms with E-state index in [0.29, 0.717) is 0 Å². The molecule has 0 atom stereocenters. The average Bonchev–Trinajstić information content (AvgIpc) is 1.99. The van der Waals surface area contributed by atoms with Gasteiger partial charge in [0.15, 0.2) is 0 Å². The van der Waals surface area contributed by atoms with Crippen LogP contribution < -0.4 is 0 Å².